The molecule has 1 fully saturated rings. The van der Waals surface area contributed by atoms with Crippen molar-refractivity contribution >= 4 is 27.5 Å². The number of benzene rings is 2. The number of amides is 1. The van der Waals surface area contributed by atoms with Crippen molar-refractivity contribution in [3.8, 4) is 0 Å². The summed E-state index contributed by atoms with van der Waals surface area (Å²) in [5.74, 6) is -0.0292. The van der Waals surface area contributed by atoms with E-state index >= 15 is 0 Å². The molecule has 156 valence electrons. The van der Waals surface area contributed by atoms with Crippen LogP contribution < -0.4 is 5.32 Å². The Morgan fingerprint density at radius 3 is 2.24 bits per heavy atom. The van der Waals surface area contributed by atoms with Gasteiger partial charge in [-0.15, -0.1) is 0 Å². The van der Waals surface area contributed by atoms with Crippen LogP contribution in [0.15, 0.2) is 54.6 Å². The number of hydrogen-bond donors (Lipinski definition) is 1. The topological polar surface area (TPSA) is 69.7 Å². The van der Waals surface area contributed by atoms with Crippen molar-refractivity contribution in [2.45, 2.75) is 12.2 Å². The Labute approximate surface area is 177 Å². The van der Waals surface area contributed by atoms with Crippen molar-refractivity contribution < 1.29 is 13.2 Å². The van der Waals surface area contributed by atoms with E-state index in [1.54, 1.807) is 0 Å². The number of nitrogens with zero attached hydrogens (tertiary/aromatic N) is 2. The van der Waals surface area contributed by atoms with E-state index in [-0.39, 0.29) is 18.2 Å². The number of carbonyl (C=O) groups excluding carboxylic acids is 1. The lowest BCUT2D eigenvalue weighted by Crippen LogP contribution is -2.51. The van der Waals surface area contributed by atoms with Gasteiger partial charge in [0.2, 0.25) is 15.9 Å². The van der Waals surface area contributed by atoms with E-state index in [2.05, 4.69) is 5.32 Å². The van der Waals surface area contributed by atoms with Gasteiger partial charge in [0.15, 0.2) is 0 Å². The molecule has 1 aliphatic rings. The number of rotatable bonds is 8. The fourth-order valence-corrected chi connectivity index (χ4v) is 4.94. The van der Waals surface area contributed by atoms with Gasteiger partial charge in [-0.3, -0.25) is 9.69 Å². The van der Waals surface area contributed by atoms with Gasteiger partial charge in [0, 0.05) is 37.7 Å². The van der Waals surface area contributed by atoms with Gasteiger partial charge < -0.3 is 5.32 Å². The van der Waals surface area contributed by atoms with E-state index in [0.29, 0.717) is 37.7 Å². The molecule has 0 radical (unpaired) electrons. The highest BCUT2D eigenvalue weighted by atomic mass is 35.5. The van der Waals surface area contributed by atoms with Crippen molar-refractivity contribution in [3.05, 3.63) is 70.7 Å². The molecule has 0 aromatic heterocycles. The lowest BCUT2D eigenvalue weighted by Gasteiger charge is -2.33. The summed E-state index contributed by atoms with van der Waals surface area (Å²) in [5.41, 5.74) is 1.90. The Bertz CT molecular complexity index is 897. The molecule has 0 saturated carbocycles. The van der Waals surface area contributed by atoms with Crippen LogP contribution in [0.2, 0.25) is 5.02 Å². The molecule has 0 spiro atoms. The maximum Gasteiger partial charge on any atom is 0.234 e. The second-order valence-electron chi connectivity index (χ2n) is 7.14. The zero-order valence-corrected chi connectivity index (χ0v) is 17.8. The summed E-state index contributed by atoms with van der Waals surface area (Å²) in [6.45, 7) is 2.77. The number of carbonyl (C=O) groups is 1. The van der Waals surface area contributed by atoms with E-state index in [4.69, 9.17) is 11.6 Å². The molecule has 1 aliphatic heterocycles. The third-order valence-corrected chi connectivity index (χ3v) is 7.03. The lowest BCUT2D eigenvalue weighted by atomic mass is 10.1. The fraction of sp³-hybridized carbons (Fsp3) is 0.381. The molecule has 1 heterocycles. The molecule has 2 aromatic carbocycles. The van der Waals surface area contributed by atoms with Gasteiger partial charge in [-0.2, -0.15) is 4.31 Å². The first-order valence-electron chi connectivity index (χ1n) is 9.68. The second-order valence-corrected chi connectivity index (χ2v) is 9.55. The maximum absolute atomic E-state index is 12.6. The molecule has 2 aromatic rings. The quantitative estimate of drug-likeness (QED) is 0.689. The minimum Gasteiger partial charge on any atom is -0.355 e. The molecule has 0 unspecified atom stereocenters. The summed E-state index contributed by atoms with van der Waals surface area (Å²) >= 11 is 5.87. The smallest absolute Gasteiger partial charge is 0.234 e. The first-order chi connectivity index (χ1) is 13.9. The number of nitrogens with one attached hydrogen (secondary N) is 1. The summed E-state index contributed by atoms with van der Waals surface area (Å²) in [6.07, 6.45) is 0.744. The van der Waals surface area contributed by atoms with Crippen LogP contribution in [0.25, 0.3) is 0 Å². The molecule has 1 N–H and O–H groups in total. The molecule has 6 nitrogen and oxygen atoms in total. The largest absolute Gasteiger partial charge is 0.355 e. The number of hydrogen-bond acceptors (Lipinski definition) is 4. The lowest BCUT2D eigenvalue weighted by molar-refractivity contribution is -0.122. The molecule has 0 aliphatic carbocycles. The van der Waals surface area contributed by atoms with Crippen molar-refractivity contribution in [1.29, 1.82) is 0 Å². The zero-order valence-electron chi connectivity index (χ0n) is 16.3. The molecule has 1 saturated heterocycles. The normalized spacial score (nSPS) is 15.9. The van der Waals surface area contributed by atoms with Crippen LogP contribution in [-0.2, 0) is 27.0 Å². The van der Waals surface area contributed by atoms with Gasteiger partial charge in [-0.25, -0.2) is 8.42 Å². The fourth-order valence-electron chi connectivity index (χ4n) is 3.30. The van der Waals surface area contributed by atoms with Gasteiger partial charge in [-0.1, -0.05) is 54.1 Å². The van der Waals surface area contributed by atoms with E-state index in [9.17, 15) is 13.2 Å². The second kappa shape index (κ2) is 10.2. The Hall–Kier alpha value is -1.93. The summed E-state index contributed by atoms with van der Waals surface area (Å²) < 4.78 is 26.7. The van der Waals surface area contributed by atoms with Crippen molar-refractivity contribution in [1.82, 2.24) is 14.5 Å². The SMILES string of the molecule is O=C(CN1CCN(S(=O)(=O)Cc2ccccc2)CC1)NCCc1ccc(Cl)cc1. The predicted molar refractivity (Wildman–Crippen MR) is 115 cm³/mol. The van der Waals surface area contributed by atoms with Crippen LogP contribution in [-0.4, -0.2) is 62.8 Å². The van der Waals surface area contributed by atoms with Crippen molar-refractivity contribution in [2.75, 3.05) is 39.3 Å². The number of halogens is 1. The van der Waals surface area contributed by atoms with Crippen LogP contribution in [0.5, 0.6) is 0 Å². The first kappa shape index (κ1) is 21.8. The average molecular weight is 436 g/mol. The average Bonchev–Trinajstić information content (AvgIpc) is 2.70. The first-order valence-corrected chi connectivity index (χ1v) is 11.7. The van der Waals surface area contributed by atoms with Gasteiger partial charge in [0.1, 0.15) is 0 Å². The van der Waals surface area contributed by atoms with Crippen LogP contribution in [0, 0.1) is 0 Å². The van der Waals surface area contributed by atoms with Gasteiger partial charge in [0.25, 0.3) is 0 Å². The minimum atomic E-state index is -3.34. The standard InChI is InChI=1S/C21H26ClN3O3S/c22-20-8-6-18(7-9-20)10-11-23-21(26)16-24-12-14-25(15-13-24)29(27,28)17-19-4-2-1-3-5-19/h1-9H,10-17H2,(H,23,26). The highest BCUT2D eigenvalue weighted by Crippen LogP contribution is 2.13. The Morgan fingerprint density at radius 1 is 0.931 bits per heavy atom. The monoisotopic (exact) mass is 435 g/mol. The molecular weight excluding hydrogens is 410 g/mol. The third-order valence-electron chi connectivity index (χ3n) is 4.93. The van der Waals surface area contributed by atoms with Gasteiger partial charge in [-0.05, 0) is 29.7 Å². The van der Waals surface area contributed by atoms with Gasteiger partial charge in [0.05, 0.1) is 12.3 Å². The minimum absolute atomic E-state index is 0.0129. The number of sulfonamides is 1. The Balaban J connectivity index is 1.38. The summed E-state index contributed by atoms with van der Waals surface area (Å²) in [5, 5.41) is 3.62. The Kier molecular flexibility index (Phi) is 7.66. The maximum atomic E-state index is 12.6. The molecule has 3 rings (SSSR count). The summed E-state index contributed by atoms with van der Waals surface area (Å²) in [6, 6.07) is 16.8. The van der Waals surface area contributed by atoms with E-state index in [0.717, 1.165) is 17.5 Å². The van der Waals surface area contributed by atoms with E-state index < -0.39 is 10.0 Å². The van der Waals surface area contributed by atoms with Crippen molar-refractivity contribution in [3.63, 3.8) is 0 Å². The summed E-state index contributed by atoms with van der Waals surface area (Å²) in [7, 11) is -3.34. The van der Waals surface area contributed by atoms with Crippen molar-refractivity contribution in [2.24, 2.45) is 0 Å². The van der Waals surface area contributed by atoms with Gasteiger partial charge >= 0.3 is 0 Å². The van der Waals surface area contributed by atoms with Crippen LogP contribution in [0.4, 0.5) is 0 Å². The van der Waals surface area contributed by atoms with Crippen LogP contribution >= 0.6 is 11.6 Å². The van der Waals surface area contributed by atoms with Crippen LogP contribution in [0.3, 0.4) is 0 Å². The van der Waals surface area contributed by atoms with E-state index in [1.165, 1.54) is 4.31 Å². The molecule has 8 heteroatoms. The predicted octanol–water partition coefficient (Wildman–Crippen LogP) is 2.15. The highest BCUT2D eigenvalue weighted by Gasteiger charge is 2.27. The molecule has 0 atom stereocenters. The molecule has 1 amide bonds. The Morgan fingerprint density at radius 2 is 1.59 bits per heavy atom. The number of piperazine rings is 1. The van der Waals surface area contributed by atoms with E-state index in [1.807, 2.05) is 59.5 Å². The zero-order chi connectivity index (χ0) is 20.7. The van der Waals surface area contributed by atoms with Crippen LogP contribution in [0.1, 0.15) is 11.1 Å². The highest BCUT2D eigenvalue weighted by molar-refractivity contribution is 7.88. The third kappa shape index (κ3) is 6.82. The molecule has 29 heavy (non-hydrogen) atoms. The summed E-state index contributed by atoms with van der Waals surface area (Å²) in [4.78, 5) is 14.2. The molecule has 0 bridgehead atoms. The molecular formula is C21H26ClN3O3S.